The molecule has 0 N–H and O–H groups in total. The Morgan fingerprint density at radius 3 is 2.38 bits per heavy atom. The molecule has 0 aliphatic heterocycles. The van der Waals surface area contributed by atoms with Crippen molar-refractivity contribution in [1.82, 2.24) is 0 Å². The number of hydrogen-bond acceptors (Lipinski definition) is 2. The average Bonchev–Trinajstić information content (AvgIpc) is 2.62. The molecule has 4 rings (SSSR count). The van der Waals surface area contributed by atoms with Gasteiger partial charge in [-0.2, -0.15) is 0 Å². The Labute approximate surface area is 141 Å². The lowest BCUT2D eigenvalue weighted by molar-refractivity contribution is 0.0973. The maximum atomic E-state index is 13.2. The summed E-state index contributed by atoms with van der Waals surface area (Å²) in [6, 6.07) is 19.9. The number of ether oxygens (including phenoxy) is 1. The second-order valence-electron chi connectivity index (χ2n) is 6.21. The maximum absolute atomic E-state index is 13.2. The van der Waals surface area contributed by atoms with Gasteiger partial charge < -0.3 is 4.74 Å². The van der Waals surface area contributed by atoms with Crippen LogP contribution in [0.25, 0.3) is 16.8 Å². The van der Waals surface area contributed by atoms with Crippen molar-refractivity contribution < 1.29 is 9.53 Å². The summed E-state index contributed by atoms with van der Waals surface area (Å²) in [6.45, 7) is 2.04. The van der Waals surface area contributed by atoms with Crippen LogP contribution in [0.5, 0.6) is 5.75 Å². The highest BCUT2D eigenvalue weighted by Crippen LogP contribution is 2.40. The van der Waals surface area contributed by atoms with E-state index in [2.05, 4.69) is 36.4 Å². The van der Waals surface area contributed by atoms with Crippen LogP contribution in [-0.2, 0) is 0 Å². The highest BCUT2D eigenvalue weighted by atomic mass is 16.5. The number of hydrogen-bond donors (Lipinski definition) is 0. The van der Waals surface area contributed by atoms with Crippen LogP contribution in [-0.4, -0.2) is 12.9 Å². The van der Waals surface area contributed by atoms with Gasteiger partial charge in [0, 0.05) is 5.56 Å². The van der Waals surface area contributed by atoms with Crippen LogP contribution in [0.2, 0.25) is 0 Å². The third-order valence-electron chi connectivity index (χ3n) is 4.76. The van der Waals surface area contributed by atoms with Crippen LogP contribution < -0.4 is 4.74 Å². The Morgan fingerprint density at radius 1 is 0.958 bits per heavy atom. The van der Waals surface area contributed by atoms with Gasteiger partial charge in [-0.15, -0.1) is 0 Å². The number of methoxy groups -OCH3 is 1. The molecule has 1 unspecified atom stereocenters. The minimum Gasteiger partial charge on any atom is -0.497 e. The molecule has 0 spiro atoms. The predicted molar refractivity (Wildman–Crippen MR) is 97.7 cm³/mol. The molecule has 0 bridgehead atoms. The zero-order valence-corrected chi connectivity index (χ0v) is 13.7. The number of ketones is 1. The summed E-state index contributed by atoms with van der Waals surface area (Å²) in [5.41, 5.74) is 4.09. The van der Waals surface area contributed by atoms with Crippen molar-refractivity contribution in [2.24, 2.45) is 0 Å². The van der Waals surface area contributed by atoms with E-state index in [9.17, 15) is 4.79 Å². The first-order valence-corrected chi connectivity index (χ1v) is 8.07. The van der Waals surface area contributed by atoms with E-state index >= 15 is 0 Å². The summed E-state index contributed by atoms with van der Waals surface area (Å²) in [5.74, 6) is 0.667. The van der Waals surface area contributed by atoms with Crippen molar-refractivity contribution in [1.29, 1.82) is 0 Å². The predicted octanol–water partition coefficient (Wildman–Crippen LogP) is 5.23. The molecule has 2 nitrogen and oxygen atoms in total. The molecule has 0 saturated carbocycles. The Morgan fingerprint density at radius 2 is 1.67 bits per heavy atom. The minimum absolute atomic E-state index is 0.133. The molecule has 24 heavy (non-hydrogen) atoms. The number of carbonyl (C=O) groups is 1. The molecule has 2 heteroatoms. The summed E-state index contributed by atoms with van der Waals surface area (Å²) in [5, 5.41) is 2.37. The molecular formula is C22H18O2. The van der Waals surface area contributed by atoms with Crippen molar-refractivity contribution in [3.8, 4) is 5.75 Å². The van der Waals surface area contributed by atoms with Crippen LogP contribution >= 0.6 is 0 Å². The Balaban J connectivity index is 1.85. The third kappa shape index (κ3) is 2.23. The third-order valence-corrected chi connectivity index (χ3v) is 4.76. The second kappa shape index (κ2) is 5.64. The molecule has 118 valence electrons. The molecule has 1 atom stereocenters. The highest BCUT2D eigenvalue weighted by molar-refractivity contribution is 6.09. The molecular weight excluding hydrogens is 296 g/mol. The van der Waals surface area contributed by atoms with Crippen LogP contribution in [0, 0.1) is 0 Å². The van der Waals surface area contributed by atoms with Gasteiger partial charge in [-0.3, -0.25) is 4.79 Å². The first-order valence-electron chi connectivity index (χ1n) is 8.07. The molecule has 3 aromatic carbocycles. The second-order valence-corrected chi connectivity index (χ2v) is 6.21. The molecule has 0 amide bonds. The molecule has 3 aromatic rings. The molecule has 1 aliphatic rings. The Hall–Kier alpha value is -2.87. The van der Waals surface area contributed by atoms with E-state index in [1.807, 2.05) is 37.3 Å². The van der Waals surface area contributed by atoms with Crippen molar-refractivity contribution in [3.63, 3.8) is 0 Å². The number of carbonyl (C=O) groups excluding carboxylic acids is 1. The molecule has 0 radical (unpaired) electrons. The molecule has 0 heterocycles. The maximum Gasteiger partial charge on any atom is 0.174 e. The first kappa shape index (κ1) is 14.7. The number of benzene rings is 3. The zero-order valence-electron chi connectivity index (χ0n) is 13.7. The van der Waals surface area contributed by atoms with Gasteiger partial charge in [-0.1, -0.05) is 48.0 Å². The zero-order chi connectivity index (χ0) is 16.7. The normalized spacial score (nSPS) is 15.9. The standard InChI is InChI=1S/C22H18O2/c1-14-13-17-7-3-5-15-6-4-8-19(21(15)17)20(14)22(23)16-9-11-18(24-2)12-10-16/h3-13,20H,1-2H3. The molecule has 0 fully saturated rings. The van der Waals surface area contributed by atoms with Gasteiger partial charge >= 0.3 is 0 Å². The topological polar surface area (TPSA) is 26.3 Å². The fraction of sp³-hybridized carbons (Fsp3) is 0.136. The number of Topliss-reactive ketones (excluding diaryl/α,β-unsaturated/α-hetero) is 1. The summed E-state index contributed by atoms with van der Waals surface area (Å²) in [6.07, 6.45) is 2.14. The Bertz CT molecular complexity index is 960. The van der Waals surface area contributed by atoms with E-state index in [-0.39, 0.29) is 11.7 Å². The van der Waals surface area contributed by atoms with Crippen molar-refractivity contribution in [2.45, 2.75) is 12.8 Å². The van der Waals surface area contributed by atoms with Gasteiger partial charge in [0.2, 0.25) is 0 Å². The molecule has 0 saturated heterocycles. The van der Waals surface area contributed by atoms with Crippen molar-refractivity contribution in [3.05, 3.63) is 82.9 Å². The SMILES string of the molecule is COc1ccc(C(=O)C2C(C)=Cc3cccc4cccc2c34)cc1. The van der Waals surface area contributed by atoms with Crippen LogP contribution in [0.15, 0.2) is 66.2 Å². The van der Waals surface area contributed by atoms with Crippen molar-refractivity contribution in [2.75, 3.05) is 7.11 Å². The molecule has 1 aliphatic carbocycles. The van der Waals surface area contributed by atoms with Crippen LogP contribution in [0.4, 0.5) is 0 Å². The van der Waals surface area contributed by atoms with Gasteiger partial charge in [-0.05, 0) is 53.1 Å². The fourth-order valence-electron chi connectivity index (χ4n) is 3.60. The van der Waals surface area contributed by atoms with Gasteiger partial charge in [0.15, 0.2) is 5.78 Å². The van der Waals surface area contributed by atoms with Gasteiger partial charge in [-0.25, -0.2) is 0 Å². The van der Waals surface area contributed by atoms with Crippen LogP contribution in [0.3, 0.4) is 0 Å². The summed E-state index contributed by atoms with van der Waals surface area (Å²) >= 11 is 0. The van der Waals surface area contributed by atoms with E-state index in [1.165, 1.54) is 16.3 Å². The van der Waals surface area contributed by atoms with E-state index < -0.39 is 0 Å². The van der Waals surface area contributed by atoms with E-state index in [4.69, 9.17) is 4.74 Å². The summed E-state index contributed by atoms with van der Waals surface area (Å²) < 4.78 is 5.19. The van der Waals surface area contributed by atoms with E-state index in [0.717, 1.165) is 16.9 Å². The summed E-state index contributed by atoms with van der Waals surface area (Å²) in [4.78, 5) is 13.2. The molecule has 0 aromatic heterocycles. The lowest BCUT2D eigenvalue weighted by Crippen LogP contribution is -2.17. The average molecular weight is 314 g/mol. The fourth-order valence-corrected chi connectivity index (χ4v) is 3.60. The van der Waals surface area contributed by atoms with Crippen LogP contribution in [0.1, 0.15) is 34.3 Å². The van der Waals surface area contributed by atoms with E-state index in [1.54, 1.807) is 7.11 Å². The number of rotatable bonds is 3. The van der Waals surface area contributed by atoms with Crippen molar-refractivity contribution >= 4 is 22.6 Å². The highest BCUT2D eigenvalue weighted by Gasteiger charge is 2.28. The number of allylic oxidation sites excluding steroid dienone is 1. The smallest absolute Gasteiger partial charge is 0.174 e. The minimum atomic E-state index is -0.225. The monoisotopic (exact) mass is 314 g/mol. The van der Waals surface area contributed by atoms with Gasteiger partial charge in [0.25, 0.3) is 0 Å². The summed E-state index contributed by atoms with van der Waals surface area (Å²) in [7, 11) is 1.63. The van der Waals surface area contributed by atoms with Gasteiger partial charge in [0.1, 0.15) is 5.75 Å². The largest absolute Gasteiger partial charge is 0.497 e. The first-order chi connectivity index (χ1) is 11.7. The lowest BCUT2D eigenvalue weighted by atomic mass is 9.78. The lowest BCUT2D eigenvalue weighted by Gasteiger charge is -2.24. The Kier molecular flexibility index (Phi) is 3.46. The quantitative estimate of drug-likeness (QED) is 0.619. The van der Waals surface area contributed by atoms with Gasteiger partial charge in [0.05, 0.1) is 13.0 Å². The van der Waals surface area contributed by atoms with E-state index in [0.29, 0.717) is 5.56 Å².